The Morgan fingerprint density at radius 1 is 1.23 bits per heavy atom. The first-order valence-corrected chi connectivity index (χ1v) is 9.86. The van der Waals surface area contributed by atoms with Gasteiger partial charge in [-0.1, -0.05) is 29.4 Å². The van der Waals surface area contributed by atoms with Gasteiger partial charge in [0.2, 0.25) is 0 Å². The Kier molecular flexibility index (Phi) is 4.25. The summed E-state index contributed by atoms with van der Waals surface area (Å²) in [6.45, 7) is 4.03. The summed E-state index contributed by atoms with van der Waals surface area (Å²) >= 11 is 0. The van der Waals surface area contributed by atoms with E-state index in [1.807, 2.05) is 52.1 Å². The largest absolute Gasteiger partial charge is 0.457 e. The number of fused-ring (bicyclic) bond motifs is 2. The van der Waals surface area contributed by atoms with Gasteiger partial charge < -0.3 is 18.7 Å². The molecule has 0 saturated carbocycles. The molecule has 30 heavy (non-hydrogen) atoms. The maximum atomic E-state index is 13.1. The van der Waals surface area contributed by atoms with E-state index in [1.54, 1.807) is 6.92 Å². The minimum Gasteiger partial charge on any atom is -0.457 e. The molecule has 1 aromatic carbocycles. The number of rotatable bonds is 4. The topological polar surface area (TPSA) is 80.8 Å². The first-order chi connectivity index (χ1) is 14.5. The van der Waals surface area contributed by atoms with Crippen LogP contribution >= 0.6 is 0 Å². The SMILES string of the molecule is Cc1nocc1C(=O)OCc1ccc(C23Cn4cccc4C(=O)N2CCN3C)cc1. The smallest absolute Gasteiger partial charge is 0.343 e. The average Bonchev–Trinajstić information content (AvgIpc) is 3.47. The van der Waals surface area contributed by atoms with Crippen LogP contribution in [0.5, 0.6) is 0 Å². The molecule has 1 unspecified atom stereocenters. The molecule has 2 aromatic heterocycles. The lowest BCUT2D eigenvalue weighted by atomic mass is 9.94. The maximum absolute atomic E-state index is 13.1. The normalized spacial score (nSPS) is 20.9. The summed E-state index contributed by atoms with van der Waals surface area (Å²) in [5, 5.41) is 3.70. The van der Waals surface area contributed by atoms with Crippen LogP contribution in [0.4, 0.5) is 0 Å². The predicted octanol–water partition coefficient (Wildman–Crippen LogP) is 2.40. The molecule has 2 aliphatic heterocycles. The molecule has 0 bridgehead atoms. The van der Waals surface area contributed by atoms with E-state index < -0.39 is 11.6 Å². The summed E-state index contributed by atoms with van der Waals surface area (Å²) in [4.78, 5) is 29.4. The van der Waals surface area contributed by atoms with Crippen LogP contribution in [0.1, 0.15) is 37.7 Å². The second kappa shape index (κ2) is 6.84. The number of amides is 1. The van der Waals surface area contributed by atoms with Crippen LogP contribution in [0.25, 0.3) is 0 Å². The Morgan fingerprint density at radius 2 is 2.03 bits per heavy atom. The minimum absolute atomic E-state index is 0.0534. The van der Waals surface area contributed by atoms with Crippen molar-refractivity contribution in [2.45, 2.75) is 25.7 Å². The van der Waals surface area contributed by atoms with Crippen LogP contribution in [-0.2, 0) is 23.6 Å². The molecule has 1 atom stereocenters. The zero-order valence-electron chi connectivity index (χ0n) is 16.9. The molecule has 3 aromatic rings. The van der Waals surface area contributed by atoms with E-state index in [2.05, 4.69) is 17.1 Å². The van der Waals surface area contributed by atoms with Crippen molar-refractivity contribution < 1.29 is 18.8 Å². The molecule has 1 fully saturated rings. The van der Waals surface area contributed by atoms with Crippen LogP contribution in [0.3, 0.4) is 0 Å². The maximum Gasteiger partial charge on any atom is 0.343 e. The molecule has 0 N–H and O–H groups in total. The van der Waals surface area contributed by atoms with E-state index >= 15 is 0 Å². The van der Waals surface area contributed by atoms with E-state index in [-0.39, 0.29) is 12.5 Å². The number of aryl methyl sites for hydroxylation is 1. The van der Waals surface area contributed by atoms with Crippen molar-refractivity contribution in [3.8, 4) is 0 Å². The van der Waals surface area contributed by atoms with Gasteiger partial charge in [-0.3, -0.25) is 9.69 Å². The lowest BCUT2D eigenvalue weighted by Gasteiger charge is -2.46. The molecule has 154 valence electrons. The number of carbonyl (C=O) groups excluding carboxylic acids is 2. The molecule has 0 aliphatic carbocycles. The van der Waals surface area contributed by atoms with Gasteiger partial charge in [0, 0.05) is 19.3 Å². The number of benzene rings is 1. The standard InChI is InChI=1S/C22H22N4O4/c1-15-18(13-30-23-15)21(28)29-12-16-5-7-17(8-6-16)22-14-25-9-3-4-19(25)20(27)26(22)11-10-24(22)2/h3-9,13H,10-12,14H2,1-2H3. The average molecular weight is 406 g/mol. The summed E-state index contributed by atoms with van der Waals surface area (Å²) in [6, 6.07) is 11.7. The molecule has 8 heteroatoms. The zero-order valence-corrected chi connectivity index (χ0v) is 16.9. The predicted molar refractivity (Wildman–Crippen MR) is 107 cm³/mol. The molecule has 1 saturated heterocycles. The Hall–Kier alpha value is -3.39. The van der Waals surface area contributed by atoms with Crippen LogP contribution in [-0.4, -0.2) is 51.5 Å². The third-order valence-electron chi connectivity index (χ3n) is 6.18. The van der Waals surface area contributed by atoms with Crippen molar-refractivity contribution in [3.63, 3.8) is 0 Å². The molecule has 0 spiro atoms. The van der Waals surface area contributed by atoms with Gasteiger partial charge in [0.1, 0.15) is 29.8 Å². The number of ether oxygens (including phenoxy) is 1. The number of hydrogen-bond donors (Lipinski definition) is 0. The molecule has 5 rings (SSSR count). The fourth-order valence-electron chi connectivity index (χ4n) is 4.47. The first-order valence-electron chi connectivity index (χ1n) is 9.86. The highest BCUT2D eigenvalue weighted by Gasteiger charge is 2.52. The highest BCUT2D eigenvalue weighted by atomic mass is 16.5. The second-order valence-corrected chi connectivity index (χ2v) is 7.80. The van der Waals surface area contributed by atoms with Crippen molar-refractivity contribution >= 4 is 11.9 Å². The van der Waals surface area contributed by atoms with E-state index in [0.29, 0.717) is 24.3 Å². The summed E-state index contributed by atoms with van der Waals surface area (Å²) in [7, 11) is 2.05. The van der Waals surface area contributed by atoms with E-state index in [1.165, 1.54) is 6.26 Å². The van der Waals surface area contributed by atoms with Crippen molar-refractivity contribution in [3.05, 3.63) is 76.9 Å². The second-order valence-electron chi connectivity index (χ2n) is 7.80. The quantitative estimate of drug-likeness (QED) is 0.619. The lowest BCUT2D eigenvalue weighted by molar-refractivity contribution is -0.00128. The van der Waals surface area contributed by atoms with Gasteiger partial charge in [-0.2, -0.15) is 0 Å². The van der Waals surface area contributed by atoms with Gasteiger partial charge in [0.15, 0.2) is 0 Å². The Labute approximate surface area is 173 Å². The number of aromatic nitrogens is 2. The van der Waals surface area contributed by atoms with Gasteiger partial charge in [-0.05, 0) is 37.2 Å². The fourth-order valence-corrected chi connectivity index (χ4v) is 4.47. The summed E-state index contributed by atoms with van der Waals surface area (Å²) in [6.07, 6.45) is 3.25. The first kappa shape index (κ1) is 18.6. The van der Waals surface area contributed by atoms with Crippen LogP contribution < -0.4 is 0 Å². The van der Waals surface area contributed by atoms with Gasteiger partial charge in [0.05, 0.1) is 12.2 Å². The third-order valence-corrected chi connectivity index (χ3v) is 6.18. The van der Waals surface area contributed by atoms with E-state index in [4.69, 9.17) is 9.26 Å². The Balaban J connectivity index is 1.39. The number of likely N-dealkylation sites (N-methyl/N-ethyl adjacent to an activating group) is 1. The van der Waals surface area contributed by atoms with Crippen molar-refractivity contribution in [2.75, 3.05) is 20.1 Å². The highest BCUT2D eigenvalue weighted by molar-refractivity contribution is 5.94. The minimum atomic E-state index is -0.516. The zero-order chi connectivity index (χ0) is 20.9. The molecule has 4 heterocycles. The number of nitrogens with zero attached hydrogens (tertiary/aromatic N) is 4. The highest BCUT2D eigenvalue weighted by Crippen LogP contribution is 2.41. The molecule has 2 aliphatic rings. The molecular formula is C22H22N4O4. The van der Waals surface area contributed by atoms with Gasteiger partial charge >= 0.3 is 5.97 Å². The van der Waals surface area contributed by atoms with Crippen LogP contribution in [0.2, 0.25) is 0 Å². The molecular weight excluding hydrogens is 384 g/mol. The van der Waals surface area contributed by atoms with Crippen molar-refractivity contribution in [2.24, 2.45) is 0 Å². The summed E-state index contributed by atoms with van der Waals surface area (Å²) < 4.78 is 12.2. The molecule has 1 amide bonds. The number of carbonyl (C=O) groups is 2. The van der Waals surface area contributed by atoms with E-state index in [0.717, 1.165) is 23.4 Å². The van der Waals surface area contributed by atoms with Gasteiger partial charge in [-0.15, -0.1) is 0 Å². The Bertz CT molecular complexity index is 1120. The van der Waals surface area contributed by atoms with Crippen molar-refractivity contribution in [1.29, 1.82) is 0 Å². The third kappa shape index (κ3) is 2.68. The van der Waals surface area contributed by atoms with Gasteiger partial charge in [0.25, 0.3) is 5.91 Å². The van der Waals surface area contributed by atoms with Crippen LogP contribution in [0, 0.1) is 6.92 Å². The van der Waals surface area contributed by atoms with E-state index in [9.17, 15) is 9.59 Å². The summed E-state index contributed by atoms with van der Waals surface area (Å²) in [5.74, 6) is -0.408. The number of hydrogen-bond acceptors (Lipinski definition) is 6. The monoisotopic (exact) mass is 406 g/mol. The number of esters is 1. The van der Waals surface area contributed by atoms with Crippen LogP contribution in [0.15, 0.2) is 53.4 Å². The fraction of sp³-hybridized carbons (Fsp3) is 0.318. The summed E-state index contributed by atoms with van der Waals surface area (Å²) in [5.41, 5.74) is 2.96. The molecule has 8 nitrogen and oxygen atoms in total. The molecule has 0 radical (unpaired) electrons. The van der Waals surface area contributed by atoms with Gasteiger partial charge in [-0.25, -0.2) is 4.79 Å². The lowest BCUT2D eigenvalue weighted by Crippen LogP contribution is -2.57. The Morgan fingerprint density at radius 3 is 2.77 bits per heavy atom. The van der Waals surface area contributed by atoms with Crippen molar-refractivity contribution in [1.82, 2.24) is 19.5 Å².